The maximum atomic E-state index is 12.4. The summed E-state index contributed by atoms with van der Waals surface area (Å²) in [7, 11) is 1.21. The number of carbonyl (C=O) groups excluding carboxylic acids is 4. The third-order valence-corrected chi connectivity index (χ3v) is 4.11. The molecule has 1 fully saturated rings. The third-order valence-electron chi connectivity index (χ3n) is 4.11. The maximum Gasteiger partial charge on any atom is 0.407 e. The van der Waals surface area contributed by atoms with Gasteiger partial charge in [0.1, 0.15) is 11.6 Å². The molecule has 1 rings (SSSR count). The molecule has 1 aliphatic rings. The van der Waals surface area contributed by atoms with Crippen LogP contribution in [0.15, 0.2) is 5.11 Å². The van der Waals surface area contributed by atoms with Gasteiger partial charge in [-0.25, -0.2) is 9.59 Å². The highest BCUT2D eigenvalue weighted by molar-refractivity contribution is 5.89. The predicted octanol–water partition coefficient (Wildman–Crippen LogP) is 0.487. The van der Waals surface area contributed by atoms with Crippen LogP contribution in [-0.4, -0.2) is 86.4 Å². The number of methoxy groups -OCH3 is 1. The van der Waals surface area contributed by atoms with Crippen molar-refractivity contribution in [2.45, 2.75) is 51.3 Å². The lowest BCUT2D eigenvalue weighted by atomic mass is 10.2. The van der Waals surface area contributed by atoms with Crippen LogP contribution in [0.25, 0.3) is 10.4 Å². The van der Waals surface area contributed by atoms with Gasteiger partial charge in [-0.3, -0.25) is 9.59 Å². The van der Waals surface area contributed by atoms with Gasteiger partial charge in [0.25, 0.3) is 0 Å². The number of amides is 3. The molecule has 0 aromatic rings. The van der Waals surface area contributed by atoms with Crippen molar-refractivity contribution in [2.75, 3.05) is 40.0 Å². The average molecular weight is 442 g/mol. The van der Waals surface area contributed by atoms with Gasteiger partial charge in [-0.1, -0.05) is 5.11 Å². The minimum atomic E-state index is -0.856. The Bertz CT molecular complexity index is 702. The van der Waals surface area contributed by atoms with Gasteiger partial charge in [0.05, 0.1) is 32.9 Å². The topological polar surface area (TPSA) is 172 Å². The normalized spacial score (nSPS) is 18.0. The van der Waals surface area contributed by atoms with Crippen LogP contribution in [0.5, 0.6) is 0 Å². The first kappa shape index (κ1) is 26.0. The maximum absolute atomic E-state index is 12.4. The smallest absolute Gasteiger partial charge is 0.407 e. The molecule has 1 aliphatic heterocycles. The molecule has 1 saturated heterocycles. The van der Waals surface area contributed by atoms with E-state index in [1.807, 2.05) is 0 Å². The molecule has 0 bridgehead atoms. The predicted molar refractivity (Wildman–Crippen MR) is 108 cm³/mol. The number of hydrogen-bond acceptors (Lipinski definition) is 8. The lowest BCUT2D eigenvalue weighted by Crippen LogP contribution is -2.46. The number of hydrogen-bond donors (Lipinski definition) is 2. The van der Waals surface area contributed by atoms with E-state index in [0.29, 0.717) is 0 Å². The van der Waals surface area contributed by atoms with Gasteiger partial charge in [-0.2, -0.15) is 0 Å². The molecular formula is C18H30N6O7. The molecule has 3 amide bonds. The average Bonchev–Trinajstić information content (AvgIpc) is 3.11. The van der Waals surface area contributed by atoms with E-state index in [1.54, 1.807) is 20.8 Å². The number of carbonyl (C=O) groups is 4. The van der Waals surface area contributed by atoms with Gasteiger partial charge in [-0.15, -0.1) is 0 Å². The second-order valence-electron chi connectivity index (χ2n) is 7.75. The van der Waals surface area contributed by atoms with Crippen molar-refractivity contribution in [3.05, 3.63) is 10.4 Å². The fraction of sp³-hybridized carbons (Fsp3) is 0.778. The van der Waals surface area contributed by atoms with Crippen molar-refractivity contribution in [1.29, 1.82) is 0 Å². The molecule has 0 spiro atoms. The zero-order chi connectivity index (χ0) is 23.4. The summed E-state index contributed by atoms with van der Waals surface area (Å²) in [6.07, 6.45) is -0.370. The van der Waals surface area contributed by atoms with Gasteiger partial charge >= 0.3 is 12.1 Å². The van der Waals surface area contributed by atoms with Gasteiger partial charge in [-0.05, 0) is 32.7 Å². The highest BCUT2D eigenvalue weighted by Gasteiger charge is 2.39. The first-order chi connectivity index (χ1) is 14.6. The van der Waals surface area contributed by atoms with Crippen LogP contribution >= 0.6 is 0 Å². The number of esters is 1. The standard InChI is InChI=1S/C18H30N6O7/c1-18(2,3)31-17(28)20-6-8-30-7-5-14(25)21-10-15(26)24-11-12(22-23-19)9-13(24)16(27)29-4/h12-13H,5-11H2,1-4H3,(H,20,28)(H,21,25)/t12-,13+/m1/s1. The Hall–Kier alpha value is -3.05. The Morgan fingerprint density at radius 3 is 2.52 bits per heavy atom. The van der Waals surface area contributed by atoms with E-state index in [9.17, 15) is 19.2 Å². The molecule has 13 heteroatoms. The number of nitrogens with zero attached hydrogens (tertiary/aromatic N) is 4. The molecule has 0 saturated carbocycles. The van der Waals surface area contributed by atoms with Gasteiger partial charge in [0.2, 0.25) is 11.8 Å². The second-order valence-corrected chi connectivity index (χ2v) is 7.75. The van der Waals surface area contributed by atoms with Crippen molar-refractivity contribution >= 4 is 23.9 Å². The summed E-state index contributed by atoms with van der Waals surface area (Å²) in [5, 5.41) is 8.54. The van der Waals surface area contributed by atoms with Crippen LogP contribution in [-0.2, 0) is 28.6 Å². The number of rotatable bonds is 10. The molecule has 0 unspecified atom stereocenters. The molecule has 2 N–H and O–H groups in total. The molecule has 0 radical (unpaired) electrons. The molecule has 1 heterocycles. The fourth-order valence-corrected chi connectivity index (χ4v) is 2.78. The molecule has 0 aromatic heterocycles. The summed E-state index contributed by atoms with van der Waals surface area (Å²) in [6, 6.07) is -1.39. The molecule has 0 aromatic carbocycles. The molecule has 174 valence electrons. The summed E-state index contributed by atoms with van der Waals surface area (Å²) in [5.74, 6) is -1.50. The number of azide groups is 1. The summed E-state index contributed by atoms with van der Waals surface area (Å²) >= 11 is 0. The number of alkyl carbamates (subject to hydrolysis) is 1. The second kappa shape index (κ2) is 12.6. The minimum Gasteiger partial charge on any atom is -0.467 e. The highest BCUT2D eigenvalue weighted by atomic mass is 16.6. The van der Waals surface area contributed by atoms with Crippen LogP contribution in [0.4, 0.5) is 4.79 Å². The summed E-state index contributed by atoms with van der Waals surface area (Å²) in [5.41, 5.74) is 7.97. The largest absolute Gasteiger partial charge is 0.467 e. The fourth-order valence-electron chi connectivity index (χ4n) is 2.78. The number of nitrogens with one attached hydrogen (secondary N) is 2. The van der Waals surface area contributed by atoms with Crippen LogP contribution in [0.2, 0.25) is 0 Å². The first-order valence-corrected chi connectivity index (χ1v) is 9.80. The van der Waals surface area contributed by atoms with E-state index in [-0.39, 0.29) is 45.7 Å². The van der Waals surface area contributed by atoms with E-state index in [0.717, 1.165) is 0 Å². The lowest BCUT2D eigenvalue weighted by Gasteiger charge is -2.22. The monoisotopic (exact) mass is 442 g/mol. The van der Waals surface area contributed by atoms with Crippen LogP contribution in [0.3, 0.4) is 0 Å². The van der Waals surface area contributed by atoms with Crippen LogP contribution in [0.1, 0.15) is 33.6 Å². The minimum absolute atomic E-state index is 0.0154. The van der Waals surface area contributed by atoms with Gasteiger partial charge < -0.3 is 29.7 Å². The summed E-state index contributed by atoms with van der Waals surface area (Å²) in [6.45, 7) is 5.55. The van der Waals surface area contributed by atoms with Crippen LogP contribution in [0, 0.1) is 0 Å². The highest BCUT2D eigenvalue weighted by Crippen LogP contribution is 2.21. The van der Waals surface area contributed by atoms with E-state index >= 15 is 0 Å². The first-order valence-electron chi connectivity index (χ1n) is 9.80. The van der Waals surface area contributed by atoms with E-state index in [4.69, 9.17) is 15.0 Å². The van der Waals surface area contributed by atoms with E-state index in [1.165, 1.54) is 12.0 Å². The van der Waals surface area contributed by atoms with E-state index < -0.39 is 41.6 Å². The summed E-state index contributed by atoms with van der Waals surface area (Å²) < 4.78 is 15.0. The Morgan fingerprint density at radius 2 is 1.90 bits per heavy atom. The Balaban J connectivity index is 2.28. The molecule has 2 atom stereocenters. The Morgan fingerprint density at radius 1 is 1.19 bits per heavy atom. The Kier molecular flexibility index (Phi) is 10.6. The van der Waals surface area contributed by atoms with Gasteiger partial charge in [0.15, 0.2) is 0 Å². The summed E-state index contributed by atoms with van der Waals surface area (Å²) in [4.78, 5) is 51.6. The van der Waals surface area contributed by atoms with Crippen molar-refractivity contribution in [2.24, 2.45) is 5.11 Å². The molecule has 31 heavy (non-hydrogen) atoms. The van der Waals surface area contributed by atoms with Crippen molar-refractivity contribution in [1.82, 2.24) is 15.5 Å². The van der Waals surface area contributed by atoms with Crippen molar-refractivity contribution in [3.63, 3.8) is 0 Å². The van der Waals surface area contributed by atoms with Crippen LogP contribution < -0.4 is 10.6 Å². The SMILES string of the molecule is COC(=O)[C@@H]1C[C@@H](N=[N+]=[N-])CN1C(=O)CNC(=O)CCOCCNC(=O)OC(C)(C)C. The van der Waals surface area contributed by atoms with Crippen molar-refractivity contribution < 1.29 is 33.4 Å². The Labute approximate surface area is 180 Å². The molecular weight excluding hydrogens is 412 g/mol. The third kappa shape index (κ3) is 10.0. The zero-order valence-electron chi connectivity index (χ0n) is 18.3. The molecule has 13 nitrogen and oxygen atoms in total. The van der Waals surface area contributed by atoms with Gasteiger partial charge in [0, 0.05) is 24.4 Å². The lowest BCUT2D eigenvalue weighted by molar-refractivity contribution is -0.150. The zero-order valence-corrected chi connectivity index (χ0v) is 18.3. The van der Waals surface area contributed by atoms with Crippen molar-refractivity contribution in [3.8, 4) is 0 Å². The quantitative estimate of drug-likeness (QED) is 0.163. The molecule has 0 aliphatic carbocycles. The van der Waals surface area contributed by atoms with E-state index in [2.05, 4.69) is 25.4 Å². The number of likely N-dealkylation sites (tertiary alicyclic amines) is 1. The number of ether oxygens (including phenoxy) is 3.